The number of hydrogen-bond acceptors (Lipinski definition) is 3. The average molecular weight is 383 g/mol. The first-order chi connectivity index (χ1) is 9.17. The smallest absolute Gasteiger partial charge is 0.178 e. The molecule has 2 heterocycles. The Morgan fingerprint density at radius 1 is 1.16 bits per heavy atom. The van der Waals surface area contributed by atoms with Crippen molar-refractivity contribution in [3.63, 3.8) is 0 Å². The number of benzene rings is 1. The normalized spacial score (nSPS) is 10.9. The minimum atomic E-state index is 0.683. The number of methoxy groups -OCH3 is 1. The van der Waals surface area contributed by atoms with Gasteiger partial charge in [-0.25, -0.2) is 9.97 Å². The molecule has 0 saturated carbocycles. The number of imidazole rings is 1. The molecule has 0 aliphatic carbocycles. The Kier molecular flexibility index (Phi) is 3.28. The first-order valence-electron chi connectivity index (χ1n) is 5.52. The minimum absolute atomic E-state index is 0.683. The third-order valence-electron chi connectivity index (χ3n) is 2.72. The fourth-order valence-electron chi connectivity index (χ4n) is 1.86. The number of fused-ring (bicyclic) bond motifs is 1. The summed E-state index contributed by atoms with van der Waals surface area (Å²) < 4.78 is 7.26. The predicted molar refractivity (Wildman–Crippen MR) is 81.3 cm³/mol. The lowest BCUT2D eigenvalue weighted by Crippen LogP contribution is -1.89. The number of nitrogens with zero attached hydrogens (tertiary/aromatic N) is 2. The molecule has 0 aliphatic rings. The van der Waals surface area contributed by atoms with Crippen molar-refractivity contribution in [2.75, 3.05) is 7.11 Å². The topological polar surface area (TPSA) is 50.8 Å². The summed E-state index contributed by atoms with van der Waals surface area (Å²) in [5.74, 6) is 1.50. The van der Waals surface area contributed by atoms with Crippen LogP contribution in [0.4, 0.5) is 0 Å². The number of ether oxygens (including phenoxy) is 1. The number of halogens is 2. The quantitative estimate of drug-likeness (QED) is 0.723. The van der Waals surface area contributed by atoms with Crippen LogP contribution in [-0.2, 0) is 0 Å². The van der Waals surface area contributed by atoms with Crippen LogP contribution in [0.5, 0.6) is 5.75 Å². The van der Waals surface area contributed by atoms with Crippen molar-refractivity contribution < 1.29 is 4.74 Å². The zero-order valence-electron chi connectivity index (χ0n) is 9.95. The van der Waals surface area contributed by atoms with Crippen molar-refractivity contribution in [3.8, 4) is 17.1 Å². The summed E-state index contributed by atoms with van der Waals surface area (Å²) in [6.45, 7) is 0. The summed E-state index contributed by atoms with van der Waals surface area (Å²) >= 11 is 6.82. The number of H-pyrrole nitrogens is 1. The number of nitrogens with one attached hydrogen (secondary N) is 1. The van der Waals surface area contributed by atoms with Crippen LogP contribution in [0.15, 0.2) is 39.4 Å². The van der Waals surface area contributed by atoms with E-state index < -0.39 is 0 Å². The van der Waals surface area contributed by atoms with Crippen molar-refractivity contribution in [1.82, 2.24) is 15.0 Å². The maximum Gasteiger partial charge on any atom is 0.178 e. The molecule has 0 fully saturated rings. The maximum absolute atomic E-state index is 5.38. The number of rotatable bonds is 2. The molecule has 3 aromatic rings. The molecule has 96 valence electrons. The lowest BCUT2D eigenvalue weighted by atomic mass is 10.2. The summed E-state index contributed by atoms with van der Waals surface area (Å²) in [5, 5.41) is 0. The van der Waals surface area contributed by atoms with Gasteiger partial charge in [-0.05, 0) is 40.2 Å². The average Bonchev–Trinajstić information content (AvgIpc) is 2.81. The van der Waals surface area contributed by atoms with E-state index in [1.807, 2.05) is 24.3 Å². The standard InChI is InChI=1S/C13H9Br2N3O/c1-19-11-5-7(14)2-3-9(11)12-17-10-4-8(15)6-16-13(10)18-12/h2-6H,1H3,(H,16,17,18). The van der Waals surface area contributed by atoms with Crippen molar-refractivity contribution in [2.45, 2.75) is 0 Å². The molecular formula is C13H9Br2N3O. The second kappa shape index (κ2) is 4.94. The van der Waals surface area contributed by atoms with Gasteiger partial charge in [-0.1, -0.05) is 15.9 Å². The van der Waals surface area contributed by atoms with Gasteiger partial charge in [0, 0.05) is 15.1 Å². The maximum atomic E-state index is 5.38. The highest BCUT2D eigenvalue weighted by Crippen LogP contribution is 2.31. The molecule has 0 saturated heterocycles. The van der Waals surface area contributed by atoms with Gasteiger partial charge in [0.15, 0.2) is 5.65 Å². The molecule has 0 unspecified atom stereocenters. The molecule has 19 heavy (non-hydrogen) atoms. The van der Waals surface area contributed by atoms with Crippen LogP contribution in [0, 0.1) is 0 Å². The Morgan fingerprint density at radius 2 is 2.00 bits per heavy atom. The van der Waals surface area contributed by atoms with E-state index in [2.05, 4.69) is 46.8 Å². The zero-order chi connectivity index (χ0) is 13.4. The number of aromatic nitrogens is 3. The van der Waals surface area contributed by atoms with Gasteiger partial charge in [-0.15, -0.1) is 0 Å². The van der Waals surface area contributed by atoms with Crippen LogP contribution in [0.25, 0.3) is 22.6 Å². The zero-order valence-corrected chi connectivity index (χ0v) is 13.1. The van der Waals surface area contributed by atoms with Gasteiger partial charge in [-0.2, -0.15) is 0 Å². The van der Waals surface area contributed by atoms with E-state index in [-0.39, 0.29) is 0 Å². The Bertz CT molecular complexity index is 755. The lowest BCUT2D eigenvalue weighted by Gasteiger charge is -2.06. The Hall–Kier alpha value is -1.40. The fraction of sp³-hybridized carbons (Fsp3) is 0.0769. The van der Waals surface area contributed by atoms with E-state index in [0.29, 0.717) is 5.65 Å². The highest BCUT2D eigenvalue weighted by Gasteiger charge is 2.11. The summed E-state index contributed by atoms with van der Waals surface area (Å²) in [6, 6.07) is 7.76. The van der Waals surface area contributed by atoms with Crippen LogP contribution >= 0.6 is 31.9 Å². The molecule has 0 aliphatic heterocycles. The van der Waals surface area contributed by atoms with Gasteiger partial charge in [-0.3, -0.25) is 0 Å². The molecule has 1 N–H and O–H groups in total. The van der Waals surface area contributed by atoms with E-state index in [1.54, 1.807) is 13.3 Å². The summed E-state index contributed by atoms with van der Waals surface area (Å²) in [4.78, 5) is 12.0. The number of hydrogen-bond donors (Lipinski definition) is 1. The second-order valence-electron chi connectivity index (χ2n) is 3.95. The third kappa shape index (κ3) is 2.37. The number of pyridine rings is 1. The van der Waals surface area contributed by atoms with Crippen molar-refractivity contribution in [3.05, 3.63) is 39.4 Å². The monoisotopic (exact) mass is 381 g/mol. The van der Waals surface area contributed by atoms with E-state index >= 15 is 0 Å². The first kappa shape index (κ1) is 12.6. The fourth-order valence-corrected chi connectivity index (χ4v) is 2.53. The van der Waals surface area contributed by atoms with Crippen LogP contribution in [0.3, 0.4) is 0 Å². The lowest BCUT2D eigenvalue weighted by molar-refractivity contribution is 0.416. The molecule has 0 bridgehead atoms. The van der Waals surface area contributed by atoms with Crippen molar-refractivity contribution in [1.29, 1.82) is 0 Å². The summed E-state index contributed by atoms with van der Waals surface area (Å²) in [6.07, 6.45) is 1.73. The highest BCUT2D eigenvalue weighted by molar-refractivity contribution is 9.10. The number of aromatic amines is 1. The van der Waals surface area contributed by atoms with E-state index in [1.165, 1.54) is 0 Å². The van der Waals surface area contributed by atoms with Gasteiger partial charge in [0.25, 0.3) is 0 Å². The van der Waals surface area contributed by atoms with E-state index in [0.717, 1.165) is 31.6 Å². The summed E-state index contributed by atoms with van der Waals surface area (Å²) in [7, 11) is 1.64. The summed E-state index contributed by atoms with van der Waals surface area (Å²) in [5.41, 5.74) is 2.47. The van der Waals surface area contributed by atoms with Crippen LogP contribution in [-0.4, -0.2) is 22.1 Å². The predicted octanol–water partition coefficient (Wildman–Crippen LogP) is 4.16. The van der Waals surface area contributed by atoms with Crippen molar-refractivity contribution in [2.24, 2.45) is 0 Å². The molecular weight excluding hydrogens is 374 g/mol. The molecule has 6 heteroatoms. The molecule has 0 amide bonds. The van der Waals surface area contributed by atoms with Gasteiger partial charge in [0.2, 0.25) is 0 Å². The van der Waals surface area contributed by atoms with E-state index in [4.69, 9.17) is 4.74 Å². The van der Waals surface area contributed by atoms with Gasteiger partial charge >= 0.3 is 0 Å². The Morgan fingerprint density at radius 3 is 2.79 bits per heavy atom. The highest BCUT2D eigenvalue weighted by atomic mass is 79.9. The van der Waals surface area contributed by atoms with Gasteiger partial charge in [0.1, 0.15) is 11.6 Å². The molecule has 0 radical (unpaired) electrons. The van der Waals surface area contributed by atoms with Crippen molar-refractivity contribution >= 4 is 43.0 Å². The molecule has 0 atom stereocenters. The Balaban J connectivity index is 2.18. The van der Waals surface area contributed by atoms with E-state index in [9.17, 15) is 0 Å². The minimum Gasteiger partial charge on any atom is -0.496 e. The first-order valence-corrected chi connectivity index (χ1v) is 7.11. The van der Waals surface area contributed by atoms with Crippen LogP contribution in [0.2, 0.25) is 0 Å². The molecule has 3 rings (SSSR count). The molecule has 4 nitrogen and oxygen atoms in total. The second-order valence-corrected chi connectivity index (χ2v) is 5.79. The molecule has 1 aromatic carbocycles. The van der Waals surface area contributed by atoms with Crippen LogP contribution in [0.1, 0.15) is 0 Å². The Labute approximate surface area is 126 Å². The van der Waals surface area contributed by atoms with Gasteiger partial charge in [0.05, 0.1) is 18.2 Å². The van der Waals surface area contributed by atoms with Crippen LogP contribution < -0.4 is 4.74 Å². The molecule has 2 aromatic heterocycles. The SMILES string of the molecule is COc1cc(Br)ccc1-c1nc2ncc(Br)cc2[nH]1. The van der Waals surface area contributed by atoms with Gasteiger partial charge < -0.3 is 9.72 Å². The largest absolute Gasteiger partial charge is 0.496 e. The third-order valence-corrected chi connectivity index (χ3v) is 3.65. The molecule has 0 spiro atoms.